The number of halogens is 1. The second-order valence-electron chi connectivity index (χ2n) is 7.31. The van der Waals surface area contributed by atoms with Crippen LogP contribution >= 0.6 is 23.4 Å². The predicted octanol–water partition coefficient (Wildman–Crippen LogP) is 5.38. The molecule has 3 aromatic carbocycles. The largest absolute Gasteiger partial charge is 0.497 e. The highest BCUT2D eigenvalue weighted by atomic mass is 35.5. The molecule has 0 saturated carbocycles. The standard InChI is InChI=1S/C25H22ClN3O3S/c1-32-21-13-11-20(12-14-21)29-23(30)15-22(24(29)31)33-25(28-19-5-3-2-4-6-19)27-16-17-7-9-18(26)10-8-17/h2-14,22H,15-16H2,1H3,(H,27,28). The first-order valence-corrected chi connectivity index (χ1v) is 11.6. The fourth-order valence-electron chi connectivity index (χ4n) is 3.34. The fraction of sp³-hybridized carbons (Fsp3) is 0.160. The van der Waals surface area contributed by atoms with Crippen molar-refractivity contribution in [3.05, 3.63) is 89.4 Å². The average Bonchev–Trinajstić information content (AvgIpc) is 3.11. The number of aliphatic imine (C=N–C) groups is 1. The van der Waals surface area contributed by atoms with Crippen LogP contribution in [-0.2, 0) is 16.1 Å². The molecule has 0 bridgehead atoms. The van der Waals surface area contributed by atoms with Crippen molar-refractivity contribution in [3.8, 4) is 5.75 Å². The zero-order valence-corrected chi connectivity index (χ0v) is 19.5. The number of carbonyl (C=O) groups is 2. The lowest BCUT2D eigenvalue weighted by Gasteiger charge is -2.16. The SMILES string of the molecule is COc1ccc(N2C(=O)CC(SC(=NCc3ccc(Cl)cc3)Nc3ccccc3)C2=O)cc1. The summed E-state index contributed by atoms with van der Waals surface area (Å²) >= 11 is 7.24. The number of amidine groups is 1. The maximum Gasteiger partial charge on any atom is 0.247 e. The summed E-state index contributed by atoms with van der Waals surface area (Å²) in [6, 6.07) is 23.9. The fourth-order valence-corrected chi connectivity index (χ4v) is 4.48. The Morgan fingerprint density at radius 1 is 1.06 bits per heavy atom. The Labute approximate surface area is 201 Å². The molecule has 33 heavy (non-hydrogen) atoms. The summed E-state index contributed by atoms with van der Waals surface area (Å²) in [4.78, 5) is 31.7. The minimum absolute atomic E-state index is 0.103. The van der Waals surface area contributed by atoms with Crippen LogP contribution in [0.15, 0.2) is 83.9 Å². The summed E-state index contributed by atoms with van der Waals surface area (Å²) in [5, 5.41) is 3.94. The van der Waals surface area contributed by atoms with E-state index in [9.17, 15) is 9.59 Å². The van der Waals surface area contributed by atoms with E-state index in [0.29, 0.717) is 28.2 Å². The first kappa shape index (κ1) is 22.9. The van der Waals surface area contributed by atoms with Crippen molar-refractivity contribution in [2.45, 2.75) is 18.2 Å². The van der Waals surface area contributed by atoms with Crippen LogP contribution in [0.1, 0.15) is 12.0 Å². The first-order valence-electron chi connectivity index (χ1n) is 10.3. The minimum atomic E-state index is -0.570. The molecule has 0 aromatic heterocycles. The van der Waals surface area contributed by atoms with Gasteiger partial charge in [-0.2, -0.15) is 0 Å². The Kier molecular flexibility index (Phi) is 7.32. The van der Waals surface area contributed by atoms with E-state index in [-0.39, 0.29) is 18.2 Å². The third kappa shape index (κ3) is 5.74. The van der Waals surface area contributed by atoms with Crippen LogP contribution in [0.4, 0.5) is 11.4 Å². The van der Waals surface area contributed by atoms with Gasteiger partial charge in [0.15, 0.2) is 5.17 Å². The molecule has 1 heterocycles. The number of anilines is 2. The molecule has 0 aliphatic carbocycles. The molecule has 1 saturated heterocycles. The van der Waals surface area contributed by atoms with Crippen LogP contribution in [-0.4, -0.2) is 29.3 Å². The number of carbonyl (C=O) groups excluding carboxylic acids is 2. The van der Waals surface area contributed by atoms with Crippen LogP contribution in [0.2, 0.25) is 5.02 Å². The number of ether oxygens (including phenoxy) is 1. The molecule has 8 heteroatoms. The molecule has 6 nitrogen and oxygen atoms in total. The van der Waals surface area contributed by atoms with Crippen molar-refractivity contribution in [2.24, 2.45) is 4.99 Å². The minimum Gasteiger partial charge on any atom is -0.497 e. The van der Waals surface area contributed by atoms with Crippen molar-refractivity contribution in [3.63, 3.8) is 0 Å². The van der Waals surface area contributed by atoms with E-state index in [4.69, 9.17) is 16.3 Å². The smallest absolute Gasteiger partial charge is 0.247 e. The molecule has 1 atom stereocenters. The maximum atomic E-state index is 13.1. The van der Waals surface area contributed by atoms with E-state index < -0.39 is 5.25 Å². The lowest BCUT2D eigenvalue weighted by Crippen LogP contribution is -2.31. The van der Waals surface area contributed by atoms with Crippen molar-refractivity contribution >= 4 is 51.7 Å². The Morgan fingerprint density at radius 3 is 2.42 bits per heavy atom. The normalized spacial score (nSPS) is 16.2. The van der Waals surface area contributed by atoms with Crippen molar-refractivity contribution in [2.75, 3.05) is 17.3 Å². The molecule has 1 aliphatic heterocycles. The molecular formula is C25H22ClN3O3S. The Bertz CT molecular complexity index is 1150. The molecule has 0 radical (unpaired) electrons. The van der Waals surface area contributed by atoms with Gasteiger partial charge in [-0.25, -0.2) is 4.90 Å². The summed E-state index contributed by atoms with van der Waals surface area (Å²) in [6.07, 6.45) is 0.103. The number of nitrogens with one attached hydrogen (secondary N) is 1. The highest BCUT2D eigenvalue weighted by Crippen LogP contribution is 2.31. The third-order valence-electron chi connectivity index (χ3n) is 5.03. The van der Waals surface area contributed by atoms with Gasteiger partial charge in [-0.15, -0.1) is 0 Å². The van der Waals surface area contributed by atoms with E-state index in [1.807, 2.05) is 54.6 Å². The topological polar surface area (TPSA) is 71.0 Å². The summed E-state index contributed by atoms with van der Waals surface area (Å²) < 4.78 is 5.16. The number of hydrogen-bond donors (Lipinski definition) is 1. The number of benzene rings is 3. The summed E-state index contributed by atoms with van der Waals surface area (Å²) in [7, 11) is 1.57. The van der Waals surface area contributed by atoms with E-state index >= 15 is 0 Å². The molecule has 1 aliphatic rings. The lowest BCUT2D eigenvalue weighted by atomic mass is 10.2. The van der Waals surface area contributed by atoms with E-state index in [2.05, 4.69) is 10.3 Å². The molecule has 1 fully saturated rings. The number of amides is 2. The monoisotopic (exact) mass is 479 g/mol. The van der Waals surface area contributed by atoms with E-state index in [1.54, 1.807) is 31.4 Å². The predicted molar refractivity (Wildman–Crippen MR) is 134 cm³/mol. The Balaban J connectivity index is 1.53. The number of imide groups is 1. The number of nitrogens with zero attached hydrogens (tertiary/aromatic N) is 2. The second kappa shape index (κ2) is 10.6. The molecule has 0 spiro atoms. The quantitative estimate of drug-likeness (QED) is 0.292. The number of rotatable bonds is 6. The van der Waals surface area contributed by atoms with Gasteiger partial charge in [-0.3, -0.25) is 14.6 Å². The van der Waals surface area contributed by atoms with Crippen LogP contribution in [0.3, 0.4) is 0 Å². The molecule has 1 N–H and O–H groups in total. The van der Waals surface area contributed by atoms with E-state index in [1.165, 1.54) is 16.7 Å². The number of para-hydroxylation sites is 1. The Hall–Kier alpha value is -3.29. The zero-order chi connectivity index (χ0) is 23.2. The first-order chi connectivity index (χ1) is 16.0. The van der Waals surface area contributed by atoms with Crippen LogP contribution in [0.5, 0.6) is 5.75 Å². The third-order valence-corrected chi connectivity index (χ3v) is 6.39. The van der Waals surface area contributed by atoms with Gasteiger partial charge >= 0.3 is 0 Å². The molecule has 2 amide bonds. The van der Waals surface area contributed by atoms with Crippen LogP contribution in [0, 0.1) is 0 Å². The van der Waals surface area contributed by atoms with Gasteiger partial charge in [0.25, 0.3) is 0 Å². The average molecular weight is 480 g/mol. The molecule has 3 aromatic rings. The lowest BCUT2D eigenvalue weighted by molar-refractivity contribution is -0.121. The molecule has 168 valence electrons. The zero-order valence-electron chi connectivity index (χ0n) is 17.9. The second-order valence-corrected chi connectivity index (χ2v) is 8.94. The van der Waals surface area contributed by atoms with Crippen LogP contribution in [0.25, 0.3) is 0 Å². The van der Waals surface area contributed by atoms with Crippen molar-refractivity contribution < 1.29 is 14.3 Å². The van der Waals surface area contributed by atoms with Gasteiger partial charge in [-0.1, -0.05) is 53.7 Å². The highest BCUT2D eigenvalue weighted by Gasteiger charge is 2.40. The maximum absolute atomic E-state index is 13.1. The highest BCUT2D eigenvalue weighted by molar-refractivity contribution is 8.15. The van der Waals surface area contributed by atoms with Gasteiger partial charge in [0, 0.05) is 17.1 Å². The van der Waals surface area contributed by atoms with Crippen molar-refractivity contribution in [1.29, 1.82) is 0 Å². The molecular weight excluding hydrogens is 458 g/mol. The number of hydrogen-bond acceptors (Lipinski definition) is 5. The number of methoxy groups -OCH3 is 1. The van der Waals surface area contributed by atoms with Gasteiger partial charge in [-0.05, 0) is 54.1 Å². The summed E-state index contributed by atoms with van der Waals surface area (Å²) in [5.74, 6) is 0.163. The summed E-state index contributed by atoms with van der Waals surface area (Å²) in [6.45, 7) is 0.413. The van der Waals surface area contributed by atoms with Crippen molar-refractivity contribution in [1.82, 2.24) is 0 Å². The Morgan fingerprint density at radius 2 is 1.76 bits per heavy atom. The van der Waals surface area contributed by atoms with Crippen LogP contribution < -0.4 is 15.0 Å². The van der Waals surface area contributed by atoms with Gasteiger partial charge in [0.05, 0.1) is 19.3 Å². The number of thioether (sulfide) groups is 1. The summed E-state index contributed by atoms with van der Waals surface area (Å²) in [5.41, 5.74) is 2.37. The molecule has 1 unspecified atom stereocenters. The van der Waals surface area contributed by atoms with E-state index in [0.717, 1.165) is 11.3 Å². The molecule has 4 rings (SSSR count). The van der Waals surface area contributed by atoms with Gasteiger partial charge in [0.1, 0.15) is 11.0 Å². The van der Waals surface area contributed by atoms with Gasteiger partial charge < -0.3 is 10.1 Å². The van der Waals surface area contributed by atoms with Gasteiger partial charge in [0.2, 0.25) is 11.8 Å².